The second-order valence-electron chi connectivity index (χ2n) is 6.81. The molecule has 0 radical (unpaired) electrons. The minimum absolute atomic E-state index is 0.400. The highest BCUT2D eigenvalue weighted by Crippen LogP contribution is 2.50. The van der Waals surface area contributed by atoms with Crippen LogP contribution >= 0.6 is 0 Å². The van der Waals surface area contributed by atoms with Crippen molar-refractivity contribution in [1.82, 2.24) is 0 Å². The zero-order valence-corrected chi connectivity index (χ0v) is 13.4. The van der Waals surface area contributed by atoms with E-state index < -0.39 is 23.6 Å². The molecule has 0 bridgehead atoms. The van der Waals surface area contributed by atoms with Crippen molar-refractivity contribution in [3.63, 3.8) is 0 Å². The standard InChI is InChI=1S/C20H23F3/c1-2-6-14-9-10-17(11-14)20(23)18(21)12-16(13-19(20)22)15-7-4-3-5-8-15/h3-5,7-8,12-14,17-18H,2,6,9-11H2,1H3. The van der Waals surface area contributed by atoms with Crippen molar-refractivity contribution < 1.29 is 13.2 Å². The van der Waals surface area contributed by atoms with Gasteiger partial charge in [0.05, 0.1) is 0 Å². The monoisotopic (exact) mass is 320 g/mol. The van der Waals surface area contributed by atoms with E-state index in [0.717, 1.165) is 19.3 Å². The summed E-state index contributed by atoms with van der Waals surface area (Å²) in [7, 11) is 0. The molecular weight excluding hydrogens is 297 g/mol. The summed E-state index contributed by atoms with van der Waals surface area (Å²) in [5.74, 6) is -1.11. The Morgan fingerprint density at radius 3 is 2.57 bits per heavy atom. The van der Waals surface area contributed by atoms with E-state index in [1.807, 2.05) is 6.07 Å². The molecule has 3 rings (SSSR count). The van der Waals surface area contributed by atoms with Crippen molar-refractivity contribution in [3.05, 3.63) is 53.9 Å². The van der Waals surface area contributed by atoms with Crippen LogP contribution in [0.15, 0.2) is 48.3 Å². The Bertz CT molecular complexity index is 605. The summed E-state index contributed by atoms with van der Waals surface area (Å²) < 4.78 is 44.5. The molecule has 124 valence electrons. The van der Waals surface area contributed by atoms with E-state index in [1.165, 1.54) is 12.2 Å². The van der Waals surface area contributed by atoms with Gasteiger partial charge in [-0.3, -0.25) is 0 Å². The van der Waals surface area contributed by atoms with Crippen molar-refractivity contribution >= 4 is 5.57 Å². The van der Waals surface area contributed by atoms with Crippen molar-refractivity contribution in [2.75, 3.05) is 0 Å². The fourth-order valence-corrected chi connectivity index (χ4v) is 4.06. The first-order valence-corrected chi connectivity index (χ1v) is 8.53. The second-order valence-corrected chi connectivity index (χ2v) is 6.81. The van der Waals surface area contributed by atoms with Gasteiger partial charge in [-0.1, -0.05) is 56.5 Å². The Balaban J connectivity index is 1.83. The number of hydrogen-bond acceptors (Lipinski definition) is 0. The van der Waals surface area contributed by atoms with Gasteiger partial charge in [-0.25, -0.2) is 13.2 Å². The number of hydrogen-bond donors (Lipinski definition) is 0. The number of halogens is 3. The highest BCUT2D eigenvalue weighted by molar-refractivity contribution is 5.77. The van der Waals surface area contributed by atoms with Gasteiger partial charge in [0.15, 0.2) is 11.8 Å². The number of alkyl halides is 2. The summed E-state index contributed by atoms with van der Waals surface area (Å²) in [5, 5.41) is 0. The summed E-state index contributed by atoms with van der Waals surface area (Å²) in [5.41, 5.74) is -1.35. The Hall–Kier alpha value is -1.51. The molecule has 1 aromatic carbocycles. The average molecular weight is 320 g/mol. The predicted molar refractivity (Wildman–Crippen MR) is 88.1 cm³/mol. The SMILES string of the molecule is CCCC1CCC(C2(F)C(F)=CC(c3ccccc3)=CC2F)C1. The van der Waals surface area contributed by atoms with Gasteiger partial charge >= 0.3 is 0 Å². The van der Waals surface area contributed by atoms with E-state index in [0.29, 0.717) is 29.9 Å². The molecule has 4 unspecified atom stereocenters. The van der Waals surface area contributed by atoms with Crippen LogP contribution in [0.25, 0.3) is 5.57 Å². The summed E-state index contributed by atoms with van der Waals surface area (Å²) in [6.07, 6.45) is 4.57. The van der Waals surface area contributed by atoms with E-state index in [2.05, 4.69) is 6.92 Å². The zero-order valence-electron chi connectivity index (χ0n) is 13.4. The van der Waals surface area contributed by atoms with Crippen molar-refractivity contribution in [1.29, 1.82) is 0 Å². The molecule has 3 heteroatoms. The predicted octanol–water partition coefficient (Wildman–Crippen LogP) is 6.20. The van der Waals surface area contributed by atoms with Crippen LogP contribution < -0.4 is 0 Å². The smallest absolute Gasteiger partial charge is 0.199 e. The molecule has 23 heavy (non-hydrogen) atoms. The maximum atomic E-state index is 15.3. The van der Waals surface area contributed by atoms with Crippen LogP contribution in [-0.4, -0.2) is 11.8 Å². The quantitative estimate of drug-likeness (QED) is 0.619. The van der Waals surface area contributed by atoms with Crippen LogP contribution in [-0.2, 0) is 0 Å². The first-order chi connectivity index (χ1) is 11.1. The van der Waals surface area contributed by atoms with Crippen LogP contribution in [0.4, 0.5) is 13.2 Å². The molecule has 0 nitrogen and oxygen atoms in total. The second kappa shape index (κ2) is 6.54. The Morgan fingerprint density at radius 2 is 1.91 bits per heavy atom. The average Bonchev–Trinajstić information content (AvgIpc) is 3.02. The lowest BCUT2D eigenvalue weighted by atomic mass is 9.77. The summed E-state index contributed by atoms with van der Waals surface area (Å²) in [4.78, 5) is 0. The number of allylic oxidation sites excluding steroid dienone is 4. The van der Waals surface area contributed by atoms with Gasteiger partial charge in [0.1, 0.15) is 5.83 Å². The third kappa shape index (κ3) is 2.98. The van der Waals surface area contributed by atoms with Gasteiger partial charge < -0.3 is 0 Å². The van der Waals surface area contributed by atoms with Crippen molar-refractivity contribution in [2.24, 2.45) is 11.8 Å². The van der Waals surface area contributed by atoms with E-state index in [-0.39, 0.29) is 0 Å². The van der Waals surface area contributed by atoms with Crippen molar-refractivity contribution in [2.45, 2.75) is 50.9 Å². The largest absolute Gasteiger partial charge is 0.239 e. The molecule has 0 amide bonds. The molecule has 2 aliphatic rings. The molecule has 4 atom stereocenters. The third-order valence-corrected chi connectivity index (χ3v) is 5.31. The third-order valence-electron chi connectivity index (χ3n) is 5.31. The minimum Gasteiger partial charge on any atom is -0.239 e. The van der Waals surface area contributed by atoms with Crippen LogP contribution in [0, 0.1) is 11.8 Å². The first-order valence-electron chi connectivity index (χ1n) is 8.53. The summed E-state index contributed by atoms with van der Waals surface area (Å²) in [6, 6.07) is 9.00. The van der Waals surface area contributed by atoms with E-state index in [1.54, 1.807) is 24.3 Å². The minimum atomic E-state index is -2.49. The number of benzene rings is 1. The maximum Gasteiger partial charge on any atom is 0.199 e. The van der Waals surface area contributed by atoms with Gasteiger partial charge in [0, 0.05) is 5.92 Å². The Morgan fingerprint density at radius 1 is 1.17 bits per heavy atom. The van der Waals surface area contributed by atoms with Gasteiger partial charge in [0.2, 0.25) is 0 Å². The Kier molecular flexibility index (Phi) is 4.65. The van der Waals surface area contributed by atoms with Crippen LogP contribution in [0.2, 0.25) is 0 Å². The molecule has 1 fully saturated rings. The van der Waals surface area contributed by atoms with Crippen LogP contribution in [0.5, 0.6) is 0 Å². The lowest BCUT2D eigenvalue weighted by Crippen LogP contribution is -2.43. The van der Waals surface area contributed by atoms with E-state index >= 15 is 4.39 Å². The molecule has 0 heterocycles. The topological polar surface area (TPSA) is 0 Å². The molecule has 0 aromatic heterocycles. The van der Waals surface area contributed by atoms with Gasteiger partial charge in [-0.15, -0.1) is 0 Å². The molecule has 2 aliphatic carbocycles. The molecule has 1 saturated carbocycles. The first kappa shape index (κ1) is 16.4. The van der Waals surface area contributed by atoms with E-state index in [9.17, 15) is 8.78 Å². The maximum absolute atomic E-state index is 15.3. The molecular formula is C20H23F3. The zero-order chi connectivity index (χ0) is 16.4. The van der Waals surface area contributed by atoms with Gasteiger partial charge in [-0.2, -0.15) is 0 Å². The fourth-order valence-electron chi connectivity index (χ4n) is 4.06. The summed E-state index contributed by atoms with van der Waals surface area (Å²) in [6.45, 7) is 2.09. The fraction of sp³-hybridized carbons (Fsp3) is 0.500. The van der Waals surface area contributed by atoms with E-state index in [4.69, 9.17) is 0 Å². The normalized spacial score (nSPS) is 34.2. The Labute approximate surface area is 136 Å². The molecule has 0 aliphatic heterocycles. The summed E-state index contributed by atoms with van der Waals surface area (Å²) >= 11 is 0. The number of rotatable bonds is 4. The highest BCUT2D eigenvalue weighted by atomic mass is 19.2. The lowest BCUT2D eigenvalue weighted by molar-refractivity contribution is 0.0292. The molecule has 0 spiro atoms. The molecule has 0 N–H and O–H groups in total. The van der Waals surface area contributed by atoms with Gasteiger partial charge in [-0.05, 0) is 42.0 Å². The van der Waals surface area contributed by atoms with Crippen LogP contribution in [0.1, 0.15) is 44.6 Å². The highest BCUT2D eigenvalue weighted by Gasteiger charge is 2.53. The van der Waals surface area contributed by atoms with Crippen molar-refractivity contribution in [3.8, 4) is 0 Å². The van der Waals surface area contributed by atoms with Crippen LogP contribution in [0.3, 0.4) is 0 Å². The molecule has 1 aromatic rings. The molecule has 0 saturated heterocycles. The van der Waals surface area contributed by atoms with Gasteiger partial charge in [0.25, 0.3) is 0 Å². The lowest BCUT2D eigenvalue weighted by Gasteiger charge is -2.34.